The summed E-state index contributed by atoms with van der Waals surface area (Å²) in [7, 11) is 0. The average Bonchev–Trinajstić information content (AvgIpc) is 2.82. The molecule has 8 aliphatic rings. The molecule has 5 heteroatoms. The molecule has 3 N–H and O–H groups in total. The van der Waals surface area contributed by atoms with Crippen LogP contribution in [0.5, 0.6) is 0 Å². The molecule has 41 heavy (non-hydrogen) atoms. The van der Waals surface area contributed by atoms with Crippen molar-refractivity contribution in [1.82, 2.24) is 10.6 Å². The van der Waals surface area contributed by atoms with E-state index in [0.717, 1.165) is 49.9 Å². The topological polar surface area (TPSA) is 78.4 Å². The van der Waals surface area contributed by atoms with Crippen molar-refractivity contribution in [3.63, 3.8) is 0 Å². The van der Waals surface area contributed by atoms with Crippen LogP contribution in [0.3, 0.4) is 0 Å². The summed E-state index contributed by atoms with van der Waals surface area (Å²) in [4.78, 5) is 25.7. The molecule has 0 amide bonds. The monoisotopic (exact) mass is 570 g/mol. The minimum Gasteiger partial charge on any atom is -0.390 e. The number of carbonyl (C=O) groups excluding carboxylic acids is 2. The van der Waals surface area contributed by atoms with Crippen LogP contribution in [0.4, 0.5) is 0 Å². The van der Waals surface area contributed by atoms with Gasteiger partial charge in [-0.25, -0.2) is 0 Å². The van der Waals surface area contributed by atoms with Crippen LogP contribution < -0.4 is 10.6 Å². The van der Waals surface area contributed by atoms with Gasteiger partial charge in [0, 0.05) is 23.9 Å². The molecule has 2 unspecified atom stereocenters. The SMILES string of the molecule is CC(C)N[C@H](C(=O)C(C)C)C12CC3CC(CC(C3)C1)C2.CC(C)N[C@H](C(=O)C(C)C)C12CC3CC(CC(O)(C3)C1)C2. The van der Waals surface area contributed by atoms with E-state index in [9.17, 15) is 14.7 Å². The van der Waals surface area contributed by atoms with Crippen molar-refractivity contribution in [2.24, 2.45) is 52.3 Å². The van der Waals surface area contributed by atoms with E-state index in [1.54, 1.807) is 0 Å². The highest BCUT2D eigenvalue weighted by atomic mass is 16.3. The van der Waals surface area contributed by atoms with E-state index in [1.165, 1.54) is 44.9 Å². The number of aliphatic hydroxyl groups is 1. The van der Waals surface area contributed by atoms with Gasteiger partial charge in [0.1, 0.15) is 0 Å². The van der Waals surface area contributed by atoms with Crippen LogP contribution in [0.25, 0.3) is 0 Å². The van der Waals surface area contributed by atoms with Gasteiger partial charge in [-0.3, -0.25) is 9.59 Å². The van der Waals surface area contributed by atoms with Gasteiger partial charge in [-0.05, 0) is 117 Å². The van der Waals surface area contributed by atoms with Crippen LogP contribution in [-0.2, 0) is 9.59 Å². The number of Topliss-reactive ketones (excluding diaryl/α,β-unsaturated/α-hetero) is 2. The average molecular weight is 571 g/mol. The summed E-state index contributed by atoms with van der Waals surface area (Å²) in [6.45, 7) is 16.8. The van der Waals surface area contributed by atoms with E-state index in [0.29, 0.717) is 40.9 Å². The normalized spacial score (nSPS) is 41.7. The molecule has 8 saturated carbocycles. The van der Waals surface area contributed by atoms with Gasteiger partial charge in [0.15, 0.2) is 11.6 Å². The van der Waals surface area contributed by atoms with Gasteiger partial charge in [-0.15, -0.1) is 0 Å². The third-order valence-corrected chi connectivity index (χ3v) is 12.1. The molecule has 0 aliphatic heterocycles. The van der Waals surface area contributed by atoms with Crippen LogP contribution in [0.15, 0.2) is 0 Å². The maximum absolute atomic E-state index is 12.9. The van der Waals surface area contributed by atoms with Gasteiger partial charge in [-0.1, -0.05) is 55.4 Å². The smallest absolute Gasteiger partial charge is 0.152 e. The Balaban J connectivity index is 0.000000165. The lowest BCUT2D eigenvalue weighted by Crippen LogP contribution is -2.64. The Hall–Kier alpha value is -0.780. The summed E-state index contributed by atoms with van der Waals surface area (Å²) in [5.41, 5.74) is -0.191. The summed E-state index contributed by atoms with van der Waals surface area (Å²) < 4.78 is 0. The lowest BCUT2D eigenvalue weighted by atomic mass is 9.45. The fraction of sp³-hybridized carbons (Fsp3) is 0.944. The largest absolute Gasteiger partial charge is 0.390 e. The number of rotatable bonds is 10. The van der Waals surface area contributed by atoms with Crippen LogP contribution in [0.1, 0.15) is 132 Å². The van der Waals surface area contributed by atoms with Crippen molar-refractivity contribution >= 4 is 11.6 Å². The lowest BCUT2D eigenvalue weighted by Gasteiger charge is -2.62. The minimum absolute atomic E-state index is 0.00442. The quantitative estimate of drug-likeness (QED) is 0.272. The van der Waals surface area contributed by atoms with Crippen molar-refractivity contribution in [2.75, 3.05) is 0 Å². The molecule has 0 heterocycles. The molecule has 0 spiro atoms. The number of carbonyl (C=O) groups is 2. The number of hydrogen-bond acceptors (Lipinski definition) is 5. The summed E-state index contributed by atoms with van der Waals surface area (Å²) in [6, 6.07) is 0.738. The van der Waals surface area contributed by atoms with Crippen LogP contribution in [0.2, 0.25) is 0 Å². The molecule has 234 valence electrons. The molecule has 0 aromatic heterocycles. The lowest BCUT2D eigenvalue weighted by molar-refractivity contribution is -0.177. The molecule has 0 aromatic rings. The van der Waals surface area contributed by atoms with Crippen molar-refractivity contribution in [2.45, 2.75) is 162 Å². The van der Waals surface area contributed by atoms with E-state index in [1.807, 2.05) is 13.8 Å². The maximum atomic E-state index is 12.9. The standard InChI is InChI=1S/C18H31NO2.C18H31NO/c1-11(2)15(20)16(19-12(3)4)17-6-13-5-14(7-17)9-18(21,8-13)10-17;1-11(2)16(20)17(19-12(3)4)18-8-13-5-14(9-18)7-15(6-13)10-18/h11-14,16,19,21H,5-10H2,1-4H3;11-15,17,19H,5-10H2,1-4H3/t13?,14?,16-,17?,18?;13?,14?,15?,17-,18?/m11/s1. The third-order valence-electron chi connectivity index (χ3n) is 12.1. The van der Waals surface area contributed by atoms with Gasteiger partial charge >= 0.3 is 0 Å². The zero-order valence-corrected chi connectivity index (χ0v) is 27.6. The maximum Gasteiger partial charge on any atom is 0.152 e. The van der Waals surface area contributed by atoms with E-state index in [4.69, 9.17) is 0 Å². The molecule has 8 fully saturated rings. The zero-order valence-electron chi connectivity index (χ0n) is 27.6. The predicted molar refractivity (Wildman–Crippen MR) is 166 cm³/mol. The van der Waals surface area contributed by atoms with E-state index < -0.39 is 5.60 Å². The van der Waals surface area contributed by atoms with Crippen LogP contribution in [-0.4, -0.2) is 46.4 Å². The number of ketones is 2. The predicted octanol–water partition coefficient (Wildman–Crippen LogP) is 6.70. The fourth-order valence-electron chi connectivity index (χ4n) is 11.6. The summed E-state index contributed by atoms with van der Waals surface area (Å²) >= 11 is 0. The molecule has 8 rings (SSSR count). The molecule has 0 radical (unpaired) electrons. The molecule has 5 nitrogen and oxygen atoms in total. The molecular weight excluding hydrogens is 508 g/mol. The van der Waals surface area contributed by atoms with Gasteiger partial charge in [-0.2, -0.15) is 0 Å². The van der Waals surface area contributed by atoms with Crippen molar-refractivity contribution in [1.29, 1.82) is 0 Å². The summed E-state index contributed by atoms with van der Waals surface area (Å²) in [5, 5.41) is 18.2. The summed E-state index contributed by atoms with van der Waals surface area (Å²) in [6.07, 6.45) is 14.6. The molecule has 8 bridgehead atoms. The van der Waals surface area contributed by atoms with Crippen LogP contribution in [0, 0.1) is 52.3 Å². The highest BCUT2D eigenvalue weighted by Gasteiger charge is 2.61. The first-order valence-electron chi connectivity index (χ1n) is 17.4. The number of hydrogen-bond donors (Lipinski definition) is 3. The second kappa shape index (κ2) is 11.6. The van der Waals surface area contributed by atoms with E-state index in [2.05, 4.69) is 52.2 Å². The first kappa shape index (κ1) is 31.6. The van der Waals surface area contributed by atoms with Gasteiger partial charge in [0.05, 0.1) is 17.7 Å². The Morgan fingerprint density at radius 1 is 0.561 bits per heavy atom. The van der Waals surface area contributed by atoms with Crippen molar-refractivity contribution in [3.8, 4) is 0 Å². The molecule has 4 atom stereocenters. The fourth-order valence-corrected chi connectivity index (χ4v) is 11.6. The summed E-state index contributed by atoms with van der Waals surface area (Å²) in [5.74, 6) is 5.02. The Labute approximate surface area is 251 Å². The second-order valence-corrected chi connectivity index (χ2v) is 17.5. The number of nitrogens with one attached hydrogen (secondary N) is 2. The van der Waals surface area contributed by atoms with Crippen molar-refractivity contribution < 1.29 is 14.7 Å². The van der Waals surface area contributed by atoms with E-state index >= 15 is 0 Å². The Kier molecular flexibility index (Phi) is 8.97. The Morgan fingerprint density at radius 3 is 1.24 bits per heavy atom. The second-order valence-electron chi connectivity index (χ2n) is 17.5. The first-order chi connectivity index (χ1) is 19.1. The molecule has 8 aliphatic carbocycles. The van der Waals surface area contributed by atoms with E-state index in [-0.39, 0.29) is 29.3 Å². The molecule has 0 aromatic carbocycles. The first-order valence-corrected chi connectivity index (χ1v) is 17.4. The minimum atomic E-state index is -0.488. The van der Waals surface area contributed by atoms with Gasteiger partial charge < -0.3 is 15.7 Å². The molecular formula is C36H62N2O3. The highest BCUT2D eigenvalue weighted by molar-refractivity contribution is 5.87. The van der Waals surface area contributed by atoms with Gasteiger partial charge in [0.2, 0.25) is 0 Å². The third kappa shape index (κ3) is 6.39. The molecule has 0 saturated heterocycles. The zero-order chi connectivity index (χ0) is 29.9. The van der Waals surface area contributed by atoms with Crippen LogP contribution >= 0.6 is 0 Å². The highest BCUT2D eigenvalue weighted by Crippen LogP contribution is 2.63. The Bertz CT molecular complexity index is 919. The van der Waals surface area contributed by atoms with Gasteiger partial charge in [0.25, 0.3) is 0 Å². The Morgan fingerprint density at radius 2 is 0.902 bits per heavy atom. The van der Waals surface area contributed by atoms with Crippen molar-refractivity contribution in [3.05, 3.63) is 0 Å².